The average molecular weight is 1200 g/mol. The topological polar surface area (TPSA) is 578 Å². The van der Waals surface area contributed by atoms with Crippen molar-refractivity contribution in [2.45, 2.75) is 0 Å². The number of fused-ring (bicyclic) bond motifs is 6. The van der Waals surface area contributed by atoms with Gasteiger partial charge in [0, 0.05) is 100 Å². The maximum Gasteiger partial charge on any atom is 0.346 e. The van der Waals surface area contributed by atoms with Gasteiger partial charge in [-0.15, -0.1) is 0 Å². The summed E-state index contributed by atoms with van der Waals surface area (Å²) in [6.45, 7) is 0. The van der Waals surface area contributed by atoms with Crippen LogP contribution in [0.5, 0.6) is 0 Å². The summed E-state index contributed by atoms with van der Waals surface area (Å²) in [4.78, 5) is 151. The van der Waals surface area contributed by atoms with Crippen molar-refractivity contribution in [3.8, 4) is 67.5 Å². The Kier molecular flexibility index (Phi) is 13.8. The molecule has 10 aromatic rings. The predicted octanol–water partition coefficient (Wildman–Crippen LogP) is 10.1. The van der Waals surface area contributed by atoms with Crippen LogP contribution in [0, 0.1) is 111 Å². The molecule has 0 fully saturated rings. The molecule has 0 amide bonds. The molecule has 434 valence electrons. The van der Waals surface area contributed by atoms with E-state index in [9.17, 15) is 111 Å². The smallest absolute Gasteiger partial charge is 0.346 e. The predicted molar refractivity (Wildman–Crippen MR) is 296 cm³/mol. The van der Waals surface area contributed by atoms with Crippen molar-refractivity contribution in [1.82, 2.24) is 29.9 Å². The number of hydrogen-bond donors (Lipinski definition) is 1. The van der Waals surface area contributed by atoms with Gasteiger partial charge in [-0.1, -0.05) is 6.07 Å². The van der Waals surface area contributed by atoms with Crippen molar-refractivity contribution in [3.63, 3.8) is 0 Å². The van der Waals surface area contributed by atoms with E-state index in [0.717, 1.165) is 48.5 Å². The summed E-state index contributed by atoms with van der Waals surface area (Å²) in [5, 5.41) is 135. The molecular weight excluding hydrogens is 1180 g/mol. The van der Waals surface area contributed by atoms with Gasteiger partial charge in [0.15, 0.2) is 0 Å². The normalized spacial score (nSPS) is 11.1. The first-order chi connectivity index (χ1) is 41.6. The number of aromatic nitrogens is 6. The molecular formula is C48H20N18O22. The minimum Gasteiger partial charge on any atom is -0.393 e. The van der Waals surface area contributed by atoms with Gasteiger partial charge >= 0.3 is 56.9 Å². The number of nitrogens with zero attached hydrogens (tertiary/aromatic N) is 17. The highest BCUT2D eigenvalue weighted by atomic mass is 16.7. The molecule has 0 saturated heterocycles. The fraction of sp³-hybridized carbons (Fsp3) is 0. The molecule has 10 rings (SSSR count). The van der Waals surface area contributed by atoms with Gasteiger partial charge in [0.05, 0.1) is 88.3 Å². The number of hydrogen-bond acceptors (Lipinski definition) is 29. The second-order valence-electron chi connectivity index (χ2n) is 18.0. The van der Waals surface area contributed by atoms with Crippen LogP contribution in [-0.4, -0.2) is 84.1 Å². The van der Waals surface area contributed by atoms with Crippen LogP contribution in [0.3, 0.4) is 0 Å². The maximum absolute atomic E-state index is 12.5. The van der Waals surface area contributed by atoms with Gasteiger partial charge < -0.3 is 5.73 Å². The van der Waals surface area contributed by atoms with E-state index in [-0.39, 0.29) is 5.56 Å². The van der Waals surface area contributed by atoms with Crippen molar-refractivity contribution in [1.29, 1.82) is 0 Å². The number of nitro groups is 11. The number of nitrogens with two attached hydrogens (primary N) is 1. The molecule has 88 heavy (non-hydrogen) atoms. The fourth-order valence-corrected chi connectivity index (χ4v) is 9.21. The molecule has 0 atom stereocenters. The van der Waals surface area contributed by atoms with Gasteiger partial charge in [-0.3, -0.25) is 111 Å². The molecule has 0 aliphatic carbocycles. The number of benzene rings is 7. The van der Waals surface area contributed by atoms with E-state index < -0.39 is 217 Å². The first kappa shape index (κ1) is 57.0. The molecule has 0 spiro atoms. The van der Waals surface area contributed by atoms with E-state index in [1.807, 2.05) is 0 Å². The molecule has 40 heteroatoms. The summed E-state index contributed by atoms with van der Waals surface area (Å²) in [7, 11) is 0. The van der Waals surface area contributed by atoms with E-state index in [1.54, 1.807) is 0 Å². The Balaban J connectivity index is 1.50. The van der Waals surface area contributed by atoms with E-state index in [4.69, 9.17) is 35.6 Å². The van der Waals surface area contributed by atoms with Crippen LogP contribution < -0.4 is 5.73 Å². The Morgan fingerprint density at radius 2 is 0.364 bits per heavy atom. The molecule has 0 radical (unpaired) electrons. The molecule has 0 aliphatic rings. The Labute approximate surface area is 478 Å². The van der Waals surface area contributed by atoms with Gasteiger partial charge in [-0.2, -0.15) is 0 Å². The zero-order valence-electron chi connectivity index (χ0n) is 42.6. The highest BCUT2D eigenvalue weighted by Gasteiger charge is 2.35. The Morgan fingerprint density at radius 1 is 0.216 bits per heavy atom. The Bertz CT molecular complexity index is 4880. The van der Waals surface area contributed by atoms with E-state index >= 15 is 0 Å². The van der Waals surface area contributed by atoms with Gasteiger partial charge in [0.25, 0.3) is 5.69 Å². The summed E-state index contributed by atoms with van der Waals surface area (Å²) < 4.78 is 0. The molecule has 3 heterocycles. The molecule has 7 aromatic carbocycles. The lowest BCUT2D eigenvalue weighted by molar-refractivity contribution is -0.422. The second-order valence-corrected chi connectivity index (χ2v) is 18.0. The number of anilines is 1. The van der Waals surface area contributed by atoms with Crippen molar-refractivity contribution < 1.29 is 54.2 Å². The third-order valence-electron chi connectivity index (χ3n) is 13.1. The standard InChI is InChI=1S/C48H20N18O22/c49-25-7-1-19(13-31(25)61(77)78)37-38(20-2-8-26(56(67)68)32(14-20)62(79)80)51-44-43(50-37)45-47(54-40(22-4-10-28(58(71)72)34(16-22)64(83)84)39(52-45)21-3-9-27(57(69)70)33(15-21)63(81)82)48-46(44)53-41(23-5-11-29(59(73)74)35(17-23)65(85)86)42(55-48)24-6-12-30(60(75)76)36(18-24)66(87)88/h1-18H,49H2. The number of rotatable bonds is 17. The molecule has 3 aromatic heterocycles. The van der Waals surface area contributed by atoms with Crippen molar-refractivity contribution in [2.75, 3.05) is 5.73 Å². The van der Waals surface area contributed by atoms with Gasteiger partial charge in [0.2, 0.25) is 0 Å². The van der Waals surface area contributed by atoms with Crippen LogP contribution in [0.25, 0.3) is 101 Å². The molecule has 0 aliphatic heterocycles. The van der Waals surface area contributed by atoms with Crippen molar-refractivity contribution >= 4 is 101 Å². The lowest BCUT2D eigenvalue weighted by Gasteiger charge is -2.17. The third kappa shape index (κ3) is 9.77. The summed E-state index contributed by atoms with van der Waals surface area (Å²) >= 11 is 0. The summed E-state index contributed by atoms with van der Waals surface area (Å²) in [5.41, 5.74) is -16.5. The van der Waals surface area contributed by atoms with Gasteiger partial charge in [-0.25, -0.2) is 29.9 Å². The molecule has 0 saturated carbocycles. The van der Waals surface area contributed by atoms with Crippen LogP contribution in [0.4, 0.5) is 68.2 Å². The van der Waals surface area contributed by atoms with Crippen LogP contribution in [0.1, 0.15) is 0 Å². The summed E-state index contributed by atoms with van der Waals surface area (Å²) in [6.07, 6.45) is 0. The van der Waals surface area contributed by atoms with E-state index in [2.05, 4.69) is 0 Å². The highest BCUT2D eigenvalue weighted by molar-refractivity contribution is 6.20. The molecule has 0 bridgehead atoms. The van der Waals surface area contributed by atoms with Crippen LogP contribution in [-0.2, 0) is 0 Å². The lowest BCUT2D eigenvalue weighted by Crippen LogP contribution is -2.06. The monoisotopic (exact) mass is 1200 g/mol. The first-order valence-electron chi connectivity index (χ1n) is 23.6. The van der Waals surface area contributed by atoms with E-state index in [1.165, 1.54) is 0 Å². The quantitative estimate of drug-likeness (QED) is 0.0383. The molecule has 2 N–H and O–H groups in total. The third-order valence-corrected chi connectivity index (χ3v) is 13.1. The van der Waals surface area contributed by atoms with Crippen LogP contribution >= 0.6 is 0 Å². The zero-order valence-corrected chi connectivity index (χ0v) is 42.6. The molecule has 40 nitrogen and oxygen atoms in total. The SMILES string of the molecule is Nc1ccc(-c2nc3c(nc2-c2ccc([N+](=O)[O-])c([N+](=O)[O-])c2)c2nc(-c4ccc([N+](=O)[O-])c([N+](=O)[O-])c4)c(-c4ccc([N+](=O)[O-])c([N+](=O)[O-])c4)nc2c2nc(-c4ccc([N+](=O)[O-])c([N+](=O)[O-])c4)c(-c4ccc([N+](=O)[O-])c([N+](=O)[O-])c4)nc32)cc1[N+](=O)[O-]. The second kappa shape index (κ2) is 21.3. The van der Waals surface area contributed by atoms with Crippen molar-refractivity contribution in [2.24, 2.45) is 0 Å². The van der Waals surface area contributed by atoms with Crippen molar-refractivity contribution in [3.05, 3.63) is 220 Å². The average Bonchev–Trinajstić information content (AvgIpc) is 1.50. The summed E-state index contributed by atoms with van der Waals surface area (Å²) in [5.74, 6) is 0. The minimum atomic E-state index is -1.19. The lowest BCUT2D eigenvalue weighted by atomic mass is 9.99. The zero-order chi connectivity index (χ0) is 63.6. The summed E-state index contributed by atoms with van der Waals surface area (Å²) in [6, 6.07) is 14.0. The first-order valence-corrected chi connectivity index (χ1v) is 23.6. The van der Waals surface area contributed by atoms with Gasteiger partial charge in [-0.05, 0) is 36.4 Å². The maximum atomic E-state index is 12.5. The minimum absolute atomic E-state index is 0.298. The highest BCUT2D eigenvalue weighted by Crippen LogP contribution is 2.46. The van der Waals surface area contributed by atoms with Gasteiger partial charge in [0.1, 0.15) is 38.8 Å². The largest absolute Gasteiger partial charge is 0.393 e. The van der Waals surface area contributed by atoms with Crippen LogP contribution in [0.15, 0.2) is 109 Å². The fourth-order valence-electron chi connectivity index (χ4n) is 9.21. The molecule has 0 unspecified atom stereocenters. The Hall–Kier alpha value is -14.2. The van der Waals surface area contributed by atoms with E-state index in [0.29, 0.717) is 60.7 Å². The number of nitrogen functional groups attached to an aromatic ring is 1. The van der Waals surface area contributed by atoms with Crippen LogP contribution in [0.2, 0.25) is 0 Å². The Morgan fingerprint density at radius 3 is 0.523 bits per heavy atom. The number of nitro benzene ring substituents is 11.